The second kappa shape index (κ2) is 6.52. The Hall–Kier alpha value is -2.54. The summed E-state index contributed by atoms with van der Waals surface area (Å²) in [7, 11) is 0. The lowest BCUT2D eigenvalue weighted by Gasteiger charge is -2.11. The zero-order chi connectivity index (χ0) is 17.3. The van der Waals surface area contributed by atoms with Gasteiger partial charge in [-0.2, -0.15) is 0 Å². The van der Waals surface area contributed by atoms with Gasteiger partial charge in [0.25, 0.3) is 0 Å². The van der Waals surface area contributed by atoms with Gasteiger partial charge < -0.3 is 9.88 Å². The number of benzene rings is 2. The number of fused-ring (bicyclic) bond motifs is 1. The molecule has 0 aliphatic rings. The number of carbonyl (C=O) groups excluding carboxylic acids is 1. The Morgan fingerprint density at radius 3 is 2.67 bits per heavy atom. The van der Waals surface area contributed by atoms with Crippen LogP contribution in [0, 0.1) is 11.6 Å². The Bertz CT molecular complexity index is 1000. The second-order valence-corrected chi connectivity index (χ2v) is 6.06. The van der Waals surface area contributed by atoms with Gasteiger partial charge in [-0.25, -0.2) is 8.78 Å². The predicted molar refractivity (Wildman–Crippen MR) is 90.9 cm³/mol. The van der Waals surface area contributed by atoms with Crippen molar-refractivity contribution < 1.29 is 13.6 Å². The zero-order valence-corrected chi connectivity index (χ0v) is 13.8. The molecule has 0 atom stereocenters. The minimum absolute atomic E-state index is 0.102. The average molecular weight is 393 g/mol. The first-order valence-corrected chi connectivity index (χ1v) is 7.77. The van der Waals surface area contributed by atoms with Crippen LogP contribution in [0.3, 0.4) is 0 Å². The molecule has 3 aromatic rings. The van der Waals surface area contributed by atoms with Crippen LogP contribution in [0.1, 0.15) is 0 Å². The first-order chi connectivity index (χ1) is 11.4. The fourth-order valence-corrected chi connectivity index (χ4v) is 2.72. The highest BCUT2D eigenvalue weighted by Gasteiger charge is 2.10. The van der Waals surface area contributed by atoms with Gasteiger partial charge in [0.2, 0.25) is 5.91 Å². The number of pyridine rings is 1. The van der Waals surface area contributed by atoms with Gasteiger partial charge in [-0.1, -0.05) is 15.9 Å². The van der Waals surface area contributed by atoms with E-state index in [1.807, 2.05) is 0 Å². The molecule has 24 heavy (non-hydrogen) atoms. The van der Waals surface area contributed by atoms with E-state index in [1.165, 1.54) is 12.3 Å². The molecule has 0 fully saturated rings. The van der Waals surface area contributed by atoms with Gasteiger partial charge in [0, 0.05) is 28.2 Å². The number of halogens is 3. The molecular formula is C17H11BrF2N2O2. The number of carbonyl (C=O) groups is 1. The summed E-state index contributed by atoms with van der Waals surface area (Å²) in [5.41, 5.74) is 0.322. The number of nitrogens with zero attached hydrogens (tertiary/aromatic N) is 1. The Kier molecular flexibility index (Phi) is 4.44. The van der Waals surface area contributed by atoms with Crippen LogP contribution in [-0.2, 0) is 11.3 Å². The Morgan fingerprint density at radius 1 is 1.12 bits per heavy atom. The summed E-state index contributed by atoms with van der Waals surface area (Å²) in [6.45, 7) is -0.116. The Labute approximate surface area is 143 Å². The molecule has 0 saturated heterocycles. The maximum absolute atomic E-state index is 13.6. The van der Waals surface area contributed by atoms with Gasteiger partial charge >= 0.3 is 0 Å². The SMILES string of the molecule is O=C(Cn1ccc(=O)c2cc(Br)ccc21)Nc1ccc(F)cc1F. The molecule has 3 rings (SSSR count). The van der Waals surface area contributed by atoms with Crippen molar-refractivity contribution in [3.05, 3.63) is 75.0 Å². The zero-order valence-electron chi connectivity index (χ0n) is 12.2. The minimum atomic E-state index is -0.850. The van der Waals surface area contributed by atoms with E-state index in [0.29, 0.717) is 17.0 Å². The number of hydrogen-bond donors (Lipinski definition) is 1. The largest absolute Gasteiger partial charge is 0.338 e. The highest BCUT2D eigenvalue weighted by molar-refractivity contribution is 9.10. The molecule has 1 aromatic heterocycles. The molecule has 1 amide bonds. The summed E-state index contributed by atoms with van der Waals surface area (Å²) in [6.07, 6.45) is 1.50. The summed E-state index contributed by atoms with van der Waals surface area (Å²) in [5, 5.41) is 2.85. The predicted octanol–water partition coefficient (Wildman–Crippen LogP) is 3.68. The van der Waals surface area contributed by atoms with Crippen LogP contribution in [0.15, 0.2) is 57.9 Å². The molecule has 0 bridgehead atoms. The topological polar surface area (TPSA) is 51.1 Å². The Balaban J connectivity index is 1.88. The number of hydrogen-bond acceptors (Lipinski definition) is 2. The highest BCUT2D eigenvalue weighted by Crippen LogP contribution is 2.18. The van der Waals surface area contributed by atoms with Crippen LogP contribution in [-0.4, -0.2) is 10.5 Å². The first-order valence-electron chi connectivity index (χ1n) is 6.97. The van der Waals surface area contributed by atoms with E-state index in [-0.39, 0.29) is 17.7 Å². The van der Waals surface area contributed by atoms with E-state index in [1.54, 1.807) is 22.8 Å². The lowest BCUT2D eigenvalue weighted by molar-refractivity contribution is -0.116. The van der Waals surface area contributed by atoms with Gasteiger partial charge in [-0.05, 0) is 30.3 Å². The first kappa shape index (κ1) is 16.3. The summed E-state index contributed by atoms with van der Waals surface area (Å²) >= 11 is 3.30. The van der Waals surface area contributed by atoms with Crippen molar-refractivity contribution in [1.82, 2.24) is 4.57 Å². The van der Waals surface area contributed by atoms with E-state index in [4.69, 9.17) is 0 Å². The van der Waals surface area contributed by atoms with Crippen molar-refractivity contribution in [2.45, 2.75) is 6.54 Å². The quantitative estimate of drug-likeness (QED) is 0.738. The lowest BCUT2D eigenvalue weighted by Crippen LogP contribution is -2.21. The van der Waals surface area contributed by atoms with E-state index in [0.717, 1.165) is 16.6 Å². The van der Waals surface area contributed by atoms with Crippen LogP contribution >= 0.6 is 15.9 Å². The fourth-order valence-electron chi connectivity index (χ4n) is 2.36. The molecular weight excluding hydrogens is 382 g/mol. The summed E-state index contributed by atoms with van der Waals surface area (Å²) in [6, 6.07) is 9.42. The molecule has 1 N–H and O–H groups in total. The molecule has 2 aromatic carbocycles. The third kappa shape index (κ3) is 3.35. The monoisotopic (exact) mass is 392 g/mol. The summed E-state index contributed by atoms with van der Waals surface area (Å²) in [5.74, 6) is -2.06. The Morgan fingerprint density at radius 2 is 1.92 bits per heavy atom. The molecule has 0 aliphatic carbocycles. The molecule has 122 valence electrons. The minimum Gasteiger partial charge on any atom is -0.338 e. The maximum Gasteiger partial charge on any atom is 0.244 e. The third-order valence-electron chi connectivity index (χ3n) is 3.46. The molecule has 0 unspecified atom stereocenters. The third-order valence-corrected chi connectivity index (χ3v) is 3.95. The maximum atomic E-state index is 13.6. The molecule has 4 nitrogen and oxygen atoms in total. The van der Waals surface area contributed by atoms with Gasteiger partial charge in [-0.15, -0.1) is 0 Å². The van der Waals surface area contributed by atoms with Gasteiger partial charge in [0.1, 0.15) is 18.2 Å². The van der Waals surface area contributed by atoms with Crippen molar-refractivity contribution in [3.63, 3.8) is 0 Å². The smallest absolute Gasteiger partial charge is 0.244 e. The van der Waals surface area contributed by atoms with Crippen LogP contribution in [0.4, 0.5) is 14.5 Å². The number of anilines is 1. The fraction of sp³-hybridized carbons (Fsp3) is 0.0588. The van der Waals surface area contributed by atoms with Crippen molar-refractivity contribution >= 4 is 38.4 Å². The number of rotatable bonds is 3. The van der Waals surface area contributed by atoms with Gasteiger partial charge in [0.05, 0.1) is 11.2 Å². The van der Waals surface area contributed by atoms with Crippen LogP contribution in [0.2, 0.25) is 0 Å². The summed E-state index contributed by atoms with van der Waals surface area (Å²) in [4.78, 5) is 24.1. The normalized spacial score (nSPS) is 10.8. The second-order valence-electron chi connectivity index (χ2n) is 5.14. The van der Waals surface area contributed by atoms with Crippen molar-refractivity contribution in [3.8, 4) is 0 Å². The van der Waals surface area contributed by atoms with Crippen LogP contribution in [0.5, 0.6) is 0 Å². The standard InChI is InChI=1S/C17H11BrF2N2O2/c18-10-1-4-15-12(7-10)16(23)5-6-22(15)9-17(24)21-14-3-2-11(19)8-13(14)20/h1-8H,9H2,(H,21,24). The van der Waals surface area contributed by atoms with Crippen LogP contribution < -0.4 is 10.7 Å². The van der Waals surface area contributed by atoms with Gasteiger partial charge in [-0.3, -0.25) is 9.59 Å². The average Bonchev–Trinajstić information content (AvgIpc) is 2.53. The molecule has 1 heterocycles. The van der Waals surface area contributed by atoms with E-state index >= 15 is 0 Å². The van der Waals surface area contributed by atoms with E-state index in [2.05, 4.69) is 21.2 Å². The lowest BCUT2D eigenvalue weighted by atomic mass is 10.2. The van der Waals surface area contributed by atoms with E-state index in [9.17, 15) is 18.4 Å². The highest BCUT2D eigenvalue weighted by atomic mass is 79.9. The molecule has 0 spiro atoms. The van der Waals surface area contributed by atoms with E-state index < -0.39 is 17.5 Å². The van der Waals surface area contributed by atoms with Crippen molar-refractivity contribution in [2.75, 3.05) is 5.32 Å². The van der Waals surface area contributed by atoms with Gasteiger partial charge in [0.15, 0.2) is 5.43 Å². The molecule has 0 saturated carbocycles. The van der Waals surface area contributed by atoms with Crippen molar-refractivity contribution in [2.24, 2.45) is 0 Å². The molecule has 7 heteroatoms. The van der Waals surface area contributed by atoms with Crippen molar-refractivity contribution in [1.29, 1.82) is 0 Å². The number of amides is 1. The van der Waals surface area contributed by atoms with Crippen LogP contribution in [0.25, 0.3) is 10.9 Å². The molecule has 0 aliphatic heterocycles. The number of nitrogens with one attached hydrogen (secondary N) is 1. The molecule has 0 radical (unpaired) electrons. The summed E-state index contributed by atoms with van der Waals surface area (Å²) < 4.78 is 28.8. The number of aromatic nitrogens is 1.